The molecule has 2 aromatic carbocycles. The van der Waals surface area contributed by atoms with E-state index in [0.717, 1.165) is 11.1 Å². The average Bonchev–Trinajstić information content (AvgIpc) is 2.94. The van der Waals surface area contributed by atoms with Gasteiger partial charge in [-0.15, -0.1) is 0 Å². The van der Waals surface area contributed by atoms with E-state index in [4.69, 9.17) is 9.52 Å². The summed E-state index contributed by atoms with van der Waals surface area (Å²) in [6.07, 6.45) is 0. The Bertz CT molecular complexity index is 676. The third kappa shape index (κ3) is 2.19. The maximum Gasteiger partial charge on any atom is 0.392 e. The molecule has 0 saturated heterocycles. The molecule has 1 aromatic heterocycles. The number of carboxylic acid groups (broad SMARTS) is 1. The van der Waals surface area contributed by atoms with Crippen molar-refractivity contribution in [3.05, 3.63) is 66.6 Å². The number of hydrogen-bond acceptors (Lipinski definition) is 3. The number of nitrogens with zero attached hydrogens (tertiary/aromatic N) is 1. The van der Waals surface area contributed by atoms with Crippen LogP contribution >= 0.6 is 0 Å². The second kappa shape index (κ2) is 5.01. The lowest BCUT2D eigenvalue weighted by Gasteiger charge is -2.00. The molecule has 0 radical (unpaired) electrons. The van der Waals surface area contributed by atoms with Gasteiger partial charge in [0.2, 0.25) is 0 Å². The molecule has 0 aliphatic heterocycles. The monoisotopic (exact) mass is 265 g/mol. The number of carboxylic acids is 1. The summed E-state index contributed by atoms with van der Waals surface area (Å²) in [6.45, 7) is 0. The van der Waals surface area contributed by atoms with Gasteiger partial charge >= 0.3 is 11.9 Å². The second-order valence-electron chi connectivity index (χ2n) is 4.23. The van der Waals surface area contributed by atoms with Crippen LogP contribution in [0.5, 0.6) is 0 Å². The standard InChI is InChI=1S/C16H11NO3/c18-16(19)15-17-13(11-7-3-1-4-8-11)14(20-15)12-9-5-2-6-10-12/h1-10H,(H,18,19). The van der Waals surface area contributed by atoms with E-state index in [1.807, 2.05) is 60.7 Å². The van der Waals surface area contributed by atoms with E-state index in [-0.39, 0.29) is 5.89 Å². The van der Waals surface area contributed by atoms with E-state index >= 15 is 0 Å². The number of carbonyl (C=O) groups is 1. The fourth-order valence-corrected chi connectivity index (χ4v) is 1.99. The zero-order valence-corrected chi connectivity index (χ0v) is 10.5. The average molecular weight is 265 g/mol. The van der Waals surface area contributed by atoms with Crippen molar-refractivity contribution in [3.8, 4) is 22.6 Å². The third-order valence-electron chi connectivity index (χ3n) is 2.89. The first-order chi connectivity index (χ1) is 9.75. The molecule has 0 fully saturated rings. The predicted molar refractivity (Wildman–Crippen MR) is 74.3 cm³/mol. The summed E-state index contributed by atoms with van der Waals surface area (Å²) in [5.41, 5.74) is 2.16. The van der Waals surface area contributed by atoms with E-state index in [9.17, 15) is 4.79 Å². The minimum absolute atomic E-state index is 0.303. The summed E-state index contributed by atoms with van der Waals surface area (Å²) in [6, 6.07) is 18.7. The molecule has 0 aliphatic carbocycles. The van der Waals surface area contributed by atoms with Crippen molar-refractivity contribution in [3.63, 3.8) is 0 Å². The van der Waals surface area contributed by atoms with Crippen molar-refractivity contribution in [1.29, 1.82) is 0 Å². The zero-order valence-electron chi connectivity index (χ0n) is 10.5. The largest absolute Gasteiger partial charge is 0.474 e. The van der Waals surface area contributed by atoms with Crippen molar-refractivity contribution >= 4 is 5.97 Å². The molecule has 4 nitrogen and oxygen atoms in total. The maximum atomic E-state index is 11.1. The first kappa shape index (κ1) is 12.2. The van der Waals surface area contributed by atoms with E-state index in [0.29, 0.717) is 11.5 Å². The molecule has 1 N–H and O–H groups in total. The van der Waals surface area contributed by atoms with Crippen LogP contribution in [0.2, 0.25) is 0 Å². The molecule has 0 amide bonds. The lowest BCUT2D eigenvalue weighted by molar-refractivity contribution is 0.0654. The van der Waals surface area contributed by atoms with E-state index in [1.54, 1.807) is 0 Å². The summed E-state index contributed by atoms with van der Waals surface area (Å²) >= 11 is 0. The molecule has 3 aromatic rings. The quantitative estimate of drug-likeness (QED) is 0.784. The Balaban J connectivity index is 2.20. The van der Waals surface area contributed by atoms with Gasteiger partial charge in [0, 0.05) is 11.1 Å². The molecule has 1 heterocycles. The fourth-order valence-electron chi connectivity index (χ4n) is 1.99. The van der Waals surface area contributed by atoms with Gasteiger partial charge in [-0.05, 0) is 0 Å². The number of aromatic nitrogens is 1. The third-order valence-corrected chi connectivity index (χ3v) is 2.89. The molecule has 0 bridgehead atoms. The highest BCUT2D eigenvalue weighted by Crippen LogP contribution is 2.32. The molecule has 98 valence electrons. The van der Waals surface area contributed by atoms with Gasteiger partial charge in [-0.1, -0.05) is 60.7 Å². The Labute approximate surface area is 115 Å². The Morgan fingerprint density at radius 3 is 2.00 bits per heavy atom. The van der Waals surface area contributed by atoms with Crippen LogP contribution in [0.15, 0.2) is 65.1 Å². The number of rotatable bonds is 3. The van der Waals surface area contributed by atoms with Gasteiger partial charge in [-0.3, -0.25) is 0 Å². The summed E-state index contributed by atoms with van der Waals surface area (Å²) in [5, 5.41) is 9.06. The molecule has 0 atom stereocenters. The number of benzene rings is 2. The zero-order chi connectivity index (χ0) is 13.9. The van der Waals surface area contributed by atoms with Crippen molar-refractivity contribution in [2.24, 2.45) is 0 Å². The van der Waals surface area contributed by atoms with Gasteiger partial charge in [0.25, 0.3) is 0 Å². The van der Waals surface area contributed by atoms with Crippen molar-refractivity contribution < 1.29 is 14.3 Å². The van der Waals surface area contributed by atoms with Gasteiger partial charge < -0.3 is 9.52 Å². The van der Waals surface area contributed by atoms with Crippen LogP contribution in [0.4, 0.5) is 0 Å². The molecule has 4 heteroatoms. The molecule has 0 unspecified atom stereocenters. The van der Waals surface area contributed by atoms with E-state index in [1.165, 1.54) is 0 Å². The van der Waals surface area contributed by atoms with Crippen LogP contribution in [-0.2, 0) is 0 Å². The fraction of sp³-hybridized carbons (Fsp3) is 0. The van der Waals surface area contributed by atoms with Crippen LogP contribution < -0.4 is 0 Å². The minimum atomic E-state index is -1.18. The summed E-state index contributed by atoms with van der Waals surface area (Å²) < 4.78 is 5.41. The van der Waals surface area contributed by atoms with Gasteiger partial charge in [0.05, 0.1) is 0 Å². The van der Waals surface area contributed by atoms with Gasteiger partial charge in [0.1, 0.15) is 5.69 Å². The van der Waals surface area contributed by atoms with Crippen molar-refractivity contribution in [1.82, 2.24) is 4.98 Å². The van der Waals surface area contributed by atoms with Gasteiger partial charge in [-0.2, -0.15) is 0 Å². The molecule has 0 spiro atoms. The highest BCUT2D eigenvalue weighted by molar-refractivity contribution is 5.86. The normalized spacial score (nSPS) is 10.4. The van der Waals surface area contributed by atoms with E-state index < -0.39 is 5.97 Å². The Morgan fingerprint density at radius 2 is 1.45 bits per heavy atom. The smallest absolute Gasteiger partial charge is 0.392 e. The SMILES string of the molecule is O=C(O)c1nc(-c2ccccc2)c(-c2ccccc2)o1. The lowest BCUT2D eigenvalue weighted by Crippen LogP contribution is -1.95. The Kier molecular flexibility index (Phi) is 3.05. The van der Waals surface area contributed by atoms with Crippen LogP contribution in [0.1, 0.15) is 10.7 Å². The maximum absolute atomic E-state index is 11.1. The highest BCUT2D eigenvalue weighted by Gasteiger charge is 2.20. The summed E-state index contributed by atoms with van der Waals surface area (Å²) in [7, 11) is 0. The van der Waals surface area contributed by atoms with Gasteiger partial charge in [-0.25, -0.2) is 9.78 Å². The topological polar surface area (TPSA) is 63.3 Å². The lowest BCUT2D eigenvalue weighted by atomic mass is 10.1. The van der Waals surface area contributed by atoms with Crippen LogP contribution in [0.3, 0.4) is 0 Å². The molecule has 0 aliphatic rings. The van der Waals surface area contributed by atoms with E-state index in [2.05, 4.69) is 4.98 Å². The predicted octanol–water partition coefficient (Wildman–Crippen LogP) is 3.71. The van der Waals surface area contributed by atoms with Crippen molar-refractivity contribution in [2.45, 2.75) is 0 Å². The molecular weight excluding hydrogens is 254 g/mol. The Hall–Kier alpha value is -2.88. The molecule has 3 rings (SSSR count). The number of oxazole rings is 1. The molecule has 0 saturated carbocycles. The highest BCUT2D eigenvalue weighted by atomic mass is 16.4. The van der Waals surface area contributed by atoms with Crippen LogP contribution in [-0.4, -0.2) is 16.1 Å². The Morgan fingerprint density at radius 1 is 0.900 bits per heavy atom. The number of hydrogen-bond donors (Lipinski definition) is 1. The first-order valence-corrected chi connectivity index (χ1v) is 6.10. The second-order valence-corrected chi connectivity index (χ2v) is 4.23. The number of aromatic carboxylic acids is 1. The summed E-state index contributed by atoms with van der Waals surface area (Å²) in [5.74, 6) is -1.01. The van der Waals surface area contributed by atoms with Crippen LogP contribution in [0.25, 0.3) is 22.6 Å². The molecular formula is C16H11NO3. The minimum Gasteiger partial charge on any atom is -0.474 e. The first-order valence-electron chi connectivity index (χ1n) is 6.10. The molecule has 20 heavy (non-hydrogen) atoms. The van der Waals surface area contributed by atoms with Gasteiger partial charge in [0.15, 0.2) is 5.76 Å². The summed E-state index contributed by atoms with van der Waals surface area (Å²) in [4.78, 5) is 15.2. The van der Waals surface area contributed by atoms with Crippen LogP contribution in [0, 0.1) is 0 Å². The van der Waals surface area contributed by atoms with Crippen molar-refractivity contribution in [2.75, 3.05) is 0 Å².